The van der Waals surface area contributed by atoms with E-state index in [0.29, 0.717) is 12.3 Å². The fourth-order valence-corrected chi connectivity index (χ4v) is 3.11. The maximum absolute atomic E-state index is 12.9. The van der Waals surface area contributed by atoms with Crippen molar-refractivity contribution >= 4 is 5.97 Å². The van der Waals surface area contributed by atoms with Crippen LogP contribution in [0.2, 0.25) is 0 Å². The quantitative estimate of drug-likeness (QED) is 0.860. The Labute approximate surface area is 135 Å². The van der Waals surface area contributed by atoms with Crippen LogP contribution in [-0.4, -0.2) is 23.2 Å². The molecule has 2 N–H and O–H groups in total. The van der Waals surface area contributed by atoms with Gasteiger partial charge in [-0.2, -0.15) is 0 Å². The molecule has 2 aromatic carbocycles. The van der Waals surface area contributed by atoms with Gasteiger partial charge in [0.15, 0.2) is 0 Å². The number of hydrogen-bond donors (Lipinski definition) is 2. The number of carbonyl (C=O) groups is 1. The average molecular weight is 313 g/mol. The lowest BCUT2D eigenvalue weighted by molar-refractivity contribution is -0.139. The summed E-state index contributed by atoms with van der Waals surface area (Å²) in [5.41, 5.74) is 2.14. The highest BCUT2D eigenvalue weighted by Crippen LogP contribution is 2.37. The minimum atomic E-state index is -0.820. The van der Waals surface area contributed by atoms with Gasteiger partial charge in [-0.1, -0.05) is 42.5 Å². The Morgan fingerprint density at radius 3 is 2.39 bits per heavy atom. The highest BCUT2D eigenvalue weighted by molar-refractivity contribution is 5.74. The maximum Gasteiger partial charge on any atom is 0.321 e. The normalized spacial score (nSPS) is 21.4. The smallest absolute Gasteiger partial charge is 0.321 e. The summed E-state index contributed by atoms with van der Waals surface area (Å²) in [7, 11) is 0. The van der Waals surface area contributed by atoms with Crippen molar-refractivity contribution in [1.82, 2.24) is 5.32 Å². The average Bonchev–Trinajstić information content (AvgIpc) is 2.51. The summed E-state index contributed by atoms with van der Waals surface area (Å²) in [6.45, 7) is 0. The van der Waals surface area contributed by atoms with Crippen molar-refractivity contribution in [3.63, 3.8) is 0 Å². The molecule has 23 heavy (non-hydrogen) atoms. The topological polar surface area (TPSA) is 49.3 Å². The molecule has 120 valence electrons. The number of hydrogen-bond acceptors (Lipinski definition) is 2. The minimum Gasteiger partial charge on any atom is -0.480 e. The molecule has 0 spiro atoms. The fourth-order valence-electron chi connectivity index (χ4n) is 3.11. The van der Waals surface area contributed by atoms with Gasteiger partial charge in [0, 0.05) is 6.04 Å². The zero-order valence-electron chi connectivity index (χ0n) is 12.8. The predicted molar refractivity (Wildman–Crippen MR) is 86.9 cm³/mol. The van der Waals surface area contributed by atoms with Crippen molar-refractivity contribution in [2.75, 3.05) is 0 Å². The van der Waals surface area contributed by atoms with Crippen LogP contribution in [-0.2, 0) is 11.2 Å². The molecule has 0 saturated heterocycles. The van der Waals surface area contributed by atoms with Gasteiger partial charge in [-0.3, -0.25) is 4.79 Å². The van der Waals surface area contributed by atoms with Crippen LogP contribution in [0.15, 0.2) is 54.6 Å². The van der Waals surface area contributed by atoms with E-state index in [1.165, 1.54) is 12.1 Å². The third-order valence-electron chi connectivity index (χ3n) is 4.50. The minimum absolute atomic E-state index is 0.204. The molecule has 1 atom stereocenters. The maximum atomic E-state index is 12.9. The largest absolute Gasteiger partial charge is 0.480 e. The fraction of sp³-hybridized carbons (Fsp3) is 0.316. The number of halogens is 1. The van der Waals surface area contributed by atoms with Gasteiger partial charge < -0.3 is 10.4 Å². The van der Waals surface area contributed by atoms with Gasteiger partial charge in [-0.25, -0.2) is 4.39 Å². The van der Waals surface area contributed by atoms with Crippen molar-refractivity contribution in [1.29, 1.82) is 0 Å². The van der Waals surface area contributed by atoms with Crippen LogP contribution >= 0.6 is 0 Å². The first-order valence-corrected chi connectivity index (χ1v) is 7.90. The standard InChI is InChI=1S/C19H20FNO2/c20-16-8-6-14(7-9-16)15-11-17(12-15)21-18(19(22)23)10-13-4-2-1-3-5-13/h1-9,15,17-18,21H,10-12H2,(H,22,23)/t15?,17?,18-/m0/s1. The molecule has 0 bridgehead atoms. The first kappa shape index (κ1) is 15.7. The molecule has 1 fully saturated rings. The van der Waals surface area contributed by atoms with Crippen molar-refractivity contribution in [3.8, 4) is 0 Å². The monoisotopic (exact) mass is 313 g/mol. The first-order valence-electron chi connectivity index (χ1n) is 7.90. The third kappa shape index (κ3) is 3.96. The Balaban J connectivity index is 1.54. The van der Waals surface area contributed by atoms with Gasteiger partial charge in [0.2, 0.25) is 0 Å². The lowest BCUT2D eigenvalue weighted by Gasteiger charge is -2.38. The molecule has 0 heterocycles. The molecule has 4 heteroatoms. The highest BCUT2D eigenvalue weighted by Gasteiger charge is 2.33. The van der Waals surface area contributed by atoms with E-state index in [4.69, 9.17) is 0 Å². The van der Waals surface area contributed by atoms with E-state index >= 15 is 0 Å². The third-order valence-corrected chi connectivity index (χ3v) is 4.50. The highest BCUT2D eigenvalue weighted by atomic mass is 19.1. The molecular formula is C19H20FNO2. The molecule has 1 aliphatic rings. The summed E-state index contributed by atoms with van der Waals surface area (Å²) in [5, 5.41) is 12.7. The van der Waals surface area contributed by atoms with Crippen LogP contribution in [0.4, 0.5) is 4.39 Å². The number of nitrogens with one attached hydrogen (secondary N) is 1. The summed E-state index contributed by atoms with van der Waals surface area (Å²) < 4.78 is 12.9. The Morgan fingerprint density at radius 2 is 1.78 bits per heavy atom. The van der Waals surface area contributed by atoms with Gasteiger partial charge in [-0.15, -0.1) is 0 Å². The Bertz CT molecular complexity index is 651. The summed E-state index contributed by atoms with van der Waals surface area (Å²) in [6.07, 6.45) is 2.27. The molecule has 1 saturated carbocycles. The molecule has 1 aliphatic carbocycles. The zero-order valence-corrected chi connectivity index (χ0v) is 12.8. The van der Waals surface area contributed by atoms with E-state index in [-0.39, 0.29) is 11.9 Å². The van der Waals surface area contributed by atoms with E-state index in [1.807, 2.05) is 42.5 Å². The number of carboxylic acid groups (broad SMARTS) is 1. The van der Waals surface area contributed by atoms with Crippen LogP contribution < -0.4 is 5.32 Å². The van der Waals surface area contributed by atoms with Crippen molar-refractivity contribution in [3.05, 3.63) is 71.5 Å². The Kier molecular flexibility index (Phi) is 4.72. The molecule has 0 aromatic heterocycles. The van der Waals surface area contributed by atoms with Gasteiger partial charge in [0.25, 0.3) is 0 Å². The molecular weight excluding hydrogens is 293 g/mol. The second kappa shape index (κ2) is 6.92. The lowest BCUT2D eigenvalue weighted by Crippen LogP contribution is -2.49. The van der Waals surface area contributed by atoms with Crippen LogP contribution in [0.3, 0.4) is 0 Å². The summed E-state index contributed by atoms with van der Waals surface area (Å²) in [4.78, 5) is 11.5. The van der Waals surface area contributed by atoms with Crippen LogP contribution in [0.5, 0.6) is 0 Å². The molecule has 0 unspecified atom stereocenters. The van der Waals surface area contributed by atoms with Crippen LogP contribution in [0, 0.1) is 5.82 Å². The SMILES string of the molecule is O=C(O)[C@H](Cc1ccccc1)NC1CC(c2ccc(F)cc2)C1. The number of rotatable bonds is 6. The van der Waals surface area contributed by atoms with Gasteiger partial charge in [0.05, 0.1) is 0 Å². The van der Waals surface area contributed by atoms with Gasteiger partial charge in [0.1, 0.15) is 11.9 Å². The zero-order chi connectivity index (χ0) is 16.2. The Hall–Kier alpha value is -2.20. The van der Waals surface area contributed by atoms with Crippen molar-refractivity contribution < 1.29 is 14.3 Å². The number of benzene rings is 2. The summed E-state index contributed by atoms with van der Waals surface area (Å²) >= 11 is 0. The molecule has 2 aromatic rings. The van der Waals surface area contributed by atoms with Gasteiger partial charge in [-0.05, 0) is 48.4 Å². The lowest BCUT2D eigenvalue weighted by atomic mass is 9.75. The van der Waals surface area contributed by atoms with Crippen LogP contribution in [0.25, 0.3) is 0 Å². The van der Waals surface area contributed by atoms with E-state index in [0.717, 1.165) is 24.0 Å². The first-order chi connectivity index (χ1) is 11.1. The predicted octanol–water partition coefficient (Wildman–Crippen LogP) is 3.36. The molecule has 0 amide bonds. The molecule has 0 radical (unpaired) electrons. The number of aliphatic carboxylic acids is 1. The second-order valence-electron chi connectivity index (χ2n) is 6.16. The van der Waals surface area contributed by atoms with Crippen LogP contribution in [0.1, 0.15) is 29.9 Å². The van der Waals surface area contributed by atoms with Gasteiger partial charge >= 0.3 is 5.97 Å². The van der Waals surface area contributed by atoms with Crippen molar-refractivity contribution in [2.24, 2.45) is 0 Å². The second-order valence-corrected chi connectivity index (χ2v) is 6.16. The van der Waals surface area contributed by atoms with E-state index in [2.05, 4.69) is 5.32 Å². The molecule has 0 aliphatic heterocycles. The Morgan fingerprint density at radius 1 is 1.13 bits per heavy atom. The van der Waals surface area contributed by atoms with E-state index in [9.17, 15) is 14.3 Å². The van der Waals surface area contributed by atoms with E-state index in [1.54, 1.807) is 0 Å². The van der Waals surface area contributed by atoms with E-state index < -0.39 is 12.0 Å². The molecule has 3 nitrogen and oxygen atoms in total. The summed E-state index contributed by atoms with van der Waals surface area (Å²) in [6, 6.07) is 15.9. The number of carboxylic acids is 1. The molecule has 3 rings (SSSR count). The summed E-state index contributed by atoms with van der Waals surface area (Å²) in [5.74, 6) is -0.657. The van der Waals surface area contributed by atoms with Crippen molar-refractivity contribution in [2.45, 2.75) is 37.3 Å².